The number of fused-ring (bicyclic) bond motifs is 1. The maximum Gasteiger partial charge on any atom is 0.310 e. The number of carbonyl (C=O) groups is 2. The van der Waals surface area contributed by atoms with Crippen molar-refractivity contribution in [1.29, 1.82) is 0 Å². The van der Waals surface area contributed by atoms with E-state index in [1.54, 1.807) is 56.4 Å². The molecule has 4 aromatic rings. The summed E-state index contributed by atoms with van der Waals surface area (Å²) in [6, 6.07) is 9.82. The van der Waals surface area contributed by atoms with Gasteiger partial charge in [0.1, 0.15) is 0 Å². The summed E-state index contributed by atoms with van der Waals surface area (Å²) in [5.74, 6) is -0.316. The average Bonchev–Trinajstić information content (AvgIpc) is 3.38. The zero-order valence-electron chi connectivity index (χ0n) is 16.7. The summed E-state index contributed by atoms with van der Waals surface area (Å²) in [4.78, 5) is 32.7. The zero-order valence-corrected chi connectivity index (χ0v) is 17.5. The molecule has 0 atom stereocenters. The fourth-order valence-electron chi connectivity index (χ4n) is 2.91. The number of aromatic nitrogens is 2. The van der Waals surface area contributed by atoms with Crippen LogP contribution in [0.2, 0.25) is 5.02 Å². The second-order valence-electron chi connectivity index (χ2n) is 7.03. The Morgan fingerprint density at radius 2 is 2.06 bits per heavy atom. The third-order valence-corrected chi connectivity index (χ3v) is 4.55. The number of furan rings is 1. The van der Waals surface area contributed by atoms with E-state index in [-0.39, 0.29) is 30.1 Å². The maximum atomic E-state index is 12.2. The lowest BCUT2D eigenvalue weighted by molar-refractivity contribution is -0.146. The number of hydrogen-bond donors (Lipinski definition) is 1. The van der Waals surface area contributed by atoms with Crippen LogP contribution in [0.5, 0.6) is 0 Å². The van der Waals surface area contributed by atoms with Crippen LogP contribution in [-0.2, 0) is 16.0 Å². The second kappa shape index (κ2) is 8.61. The predicted molar refractivity (Wildman–Crippen MR) is 114 cm³/mol. The van der Waals surface area contributed by atoms with Crippen LogP contribution in [0.4, 0.5) is 5.69 Å². The van der Waals surface area contributed by atoms with Crippen molar-refractivity contribution in [3.8, 4) is 11.5 Å². The quantitative estimate of drug-likeness (QED) is 0.426. The van der Waals surface area contributed by atoms with Crippen molar-refractivity contribution in [3.63, 3.8) is 0 Å². The molecule has 0 fully saturated rings. The fourth-order valence-corrected chi connectivity index (χ4v) is 3.11. The van der Waals surface area contributed by atoms with E-state index >= 15 is 0 Å². The minimum absolute atomic E-state index is 0.0756. The van der Waals surface area contributed by atoms with E-state index in [0.29, 0.717) is 33.1 Å². The Bertz CT molecular complexity index is 1250. The van der Waals surface area contributed by atoms with Gasteiger partial charge in [0.2, 0.25) is 5.89 Å². The molecule has 4 rings (SSSR count). The van der Waals surface area contributed by atoms with Crippen LogP contribution in [0.3, 0.4) is 0 Å². The van der Waals surface area contributed by atoms with Gasteiger partial charge in [-0.25, -0.2) is 4.98 Å². The van der Waals surface area contributed by atoms with Gasteiger partial charge in [-0.3, -0.25) is 9.59 Å². The highest BCUT2D eigenvalue weighted by Gasteiger charge is 2.16. The Hall–Kier alpha value is -3.65. The molecule has 0 unspecified atom stereocenters. The Labute approximate surface area is 182 Å². The number of esters is 1. The van der Waals surface area contributed by atoms with E-state index in [4.69, 9.17) is 25.2 Å². The molecule has 0 saturated heterocycles. The minimum Gasteiger partial charge on any atom is -0.463 e. The summed E-state index contributed by atoms with van der Waals surface area (Å²) in [5, 5.41) is 3.13. The molecule has 0 aliphatic rings. The van der Waals surface area contributed by atoms with E-state index < -0.39 is 5.91 Å². The van der Waals surface area contributed by atoms with Crippen molar-refractivity contribution in [1.82, 2.24) is 9.97 Å². The molecular weight excluding hydrogens is 422 g/mol. The first-order chi connectivity index (χ1) is 14.9. The van der Waals surface area contributed by atoms with Crippen molar-refractivity contribution in [2.24, 2.45) is 0 Å². The molecule has 3 heterocycles. The second-order valence-corrected chi connectivity index (χ2v) is 7.43. The molecule has 1 N–H and O–H groups in total. The Morgan fingerprint density at radius 1 is 1.23 bits per heavy atom. The predicted octanol–water partition coefficient (Wildman–Crippen LogP) is 4.88. The first kappa shape index (κ1) is 20.6. The lowest BCUT2D eigenvalue weighted by atomic mass is 10.2. The van der Waals surface area contributed by atoms with E-state index in [0.717, 1.165) is 0 Å². The van der Waals surface area contributed by atoms with Gasteiger partial charge in [0.15, 0.2) is 17.0 Å². The van der Waals surface area contributed by atoms with Crippen molar-refractivity contribution < 1.29 is 23.2 Å². The number of amides is 1. The third kappa shape index (κ3) is 4.75. The average molecular weight is 440 g/mol. The number of rotatable bonds is 6. The highest BCUT2D eigenvalue weighted by molar-refractivity contribution is 6.33. The third-order valence-electron chi connectivity index (χ3n) is 4.22. The summed E-state index contributed by atoms with van der Waals surface area (Å²) in [6.45, 7) is 3.58. The molecule has 1 amide bonds. The highest BCUT2D eigenvalue weighted by atomic mass is 35.5. The van der Waals surface area contributed by atoms with Crippen molar-refractivity contribution >= 4 is 40.4 Å². The summed E-state index contributed by atoms with van der Waals surface area (Å²) in [6.07, 6.45) is 2.86. The van der Waals surface area contributed by atoms with Gasteiger partial charge in [-0.05, 0) is 55.8 Å². The van der Waals surface area contributed by atoms with E-state index in [9.17, 15) is 9.59 Å². The van der Waals surface area contributed by atoms with Gasteiger partial charge in [-0.15, -0.1) is 0 Å². The molecule has 3 aromatic heterocycles. The summed E-state index contributed by atoms with van der Waals surface area (Å²) < 4.78 is 16.1. The van der Waals surface area contributed by atoms with Crippen LogP contribution in [0.25, 0.3) is 22.7 Å². The first-order valence-corrected chi connectivity index (χ1v) is 9.86. The normalized spacial score (nSPS) is 11.1. The molecule has 9 heteroatoms. The molecule has 158 valence electrons. The van der Waals surface area contributed by atoms with Crippen LogP contribution in [-0.4, -0.2) is 27.9 Å². The summed E-state index contributed by atoms with van der Waals surface area (Å²) >= 11 is 6.33. The van der Waals surface area contributed by atoms with Crippen LogP contribution in [0.15, 0.2) is 57.7 Å². The van der Waals surface area contributed by atoms with E-state index in [1.165, 1.54) is 6.26 Å². The molecule has 0 aliphatic carbocycles. The van der Waals surface area contributed by atoms with Gasteiger partial charge in [-0.2, -0.15) is 4.98 Å². The zero-order chi connectivity index (χ0) is 22.0. The lowest BCUT2D eigenvalue weighted by Crippen LogP contribution is -2.13. The SMILES string of the molecule is CC(C)OC(=O)Cc1cnc2nc(-c3cc(NC(=O)c4ccco4)ccc3Cl)oc2c1. The lowest BCUT2D eigenvalue weighted by Gasteiger charge is -2.07. The van der Waals surface area contributed by atoms with Crippen molar-refractivity contribution in [2.75, 3.05) is 5.32 Å². The largest absolute Gasteiger partial charge is 0.463 e. The maximum absolute atomic E-state index is 12.2. The number of nitrogens with one attached hydrogen (secondary N) is 1. The molecule has 31 heavy (non-hydrogen) atoms. The standard InChI is InChI=1S/C22H18ClN3O5/c1-12(2)30-19(27)9-13-8-18-20(24-11-13)26-22(31-18)15-10-14(5-6-16(15)23)25-21(28)17-4-3-7-29-17/h3-8,10-12H,9H2,1-2H3,(H,25,28). The number of halogens is 1. The molecule has 0 aliphatic heterocycles. The van der Waals surface area contributed by atoms with Crippen LogP contribution in [0, 0.1) is 0 Å². The first-order valence-electron chi connectivity index (χ1n) is 9.49. The summed E-state index contributed by atoms with van der Waals surface area (Å²) in [7, 11) is 0. The Morgan fingerprint density at radius 3 is 2.81 bits per heavy atom. The van der Waals surface area contributed by atoms with Crippen molar-refractivity contribution in [2.45, 2.75) is 26.4 Å². The van der Waals surface area contributed by atoms with Gasteiger partial charge in [0.25, 0.3) is 5.91 Å². The molecule has 1 aromatic carbocycles. The number of anilines is 1. The van der Waals surface area contributed by atoms with Crippen LogP contribution >= 0.6 is 11.6 Å². The fraction of sp³-hybridized carbons (Fsp3) is 0.182. The molecule has 0 bridgehead atoms. The number of carbonyl (C=O) groups excluding carboxylic acids is 2. The Kier molecular flexibility index (Phi) is 5.73. The smallest absolute Gasteiger partial charge is 0.310 e. The number of pyridine rings is 1. The number of ether oxygens (including phenoxy) is 1. The Balaban J connectivity index is 1.59. The van der Waals surface area contributed by atoms with Crippen LogP contribution < -0.4 is 5.32 Å². The van der Waals surface area contributed by atoms with Gasteiger partial charge < -0.3 is 18.9 Å². The number of hydrogen-bond acceptors (Lipinski definition) is 7. The monoisotopic (exact) mass is 439 g/mol. The minimum atomic E-state index is -0.393. The number of benzene rings is 1. The van der Waals surface area contributed by atoms with Crippen molar-refractivity contribution in [3.05, 3.63) is 65.2 Å². The highest BCUT2D eigenvalue weighted by Crippen LogP contribution is 2.32. The molecule has 0 spiro atoms. The van der Waals surface area contributed by atoms with Crippen LogP contribution in [0.1, 0.15) is 30.0 Å². The topological polar surface area (TPSA) is 107 Å². The molecular formula is C22H18ClN3O5. The molecule has 0 saturated carbocycles. The van der Waals surface area contributed by atoms with Gasteiger partial charge in [0, 0.05) is 11.9 Å². The van der Waals surface area contributed by atoms with E-state index in [2.05, 4.69) is 15.3 Å². The number of oxazole rings is 1. The summed E-state index contributed by atoms with van der Waals surface area (Å²) in [5.41, 5.74) is 2.40. The molecule has 0 radical (unpaired) electrons. The number of nitrogens with zero attached hydrogens (tertiary/aromatic N) is 2. The van der Waals surface area contributed by atoms with E-state index in [1.807, 2.05) is 0 Å². The molecule has 8 nitrogen and oxygen atoms in total. The van der Waals surface area contributed by atoms with Gasteiger partial charge >= 0.3 is 5.97 Å². The van der Waals surface area contributed by atoms with Gasteiger partial charge in [-0.1, -0.05) is 11.6 Å². The van der Waals surface area contributed by atoms with Gasteiger partial charge in [0.05, 0.1) is 29.4 Å².